The topological polar surface area (TPSA) is 35.1 Å². The minimum Gasteiger partial charge on any atom is -0.314 e. The summed E-state index contributed by atoms with van der Waals surface area (Å²) < 4.78 is 4.18. The van der Waals surface area contributed by atoms with E-state index in [1.165, 1.54) is 0 Å². The van der Waals surface area contributed by atoms with Gasteiger partial charge in [0, 0.05) is 17.1 Å². The number of hydrogen-bond donors (Lipinski definition) is 0. The fourth-order valence-electron chi connectivity index (χ4n) is 4.24. The molecule has 6 rings (SSSR count). The summed E-state index contributed by atoms with van der Waals surface area (Å²) in [4.78, 5) is 0. The SMILES string of the molecule is C(=C\c1c(-c2ccccc2)nnn1-c1c2ccccc2n2ccccc12)/c1ccccc1. The van der Waals surface area contributed by atoms with Gasteiger partial charge in [-0.1, -0.05) is 96.2 Å². The summed E-state index contributed by atoms with van der Waals surface area (Å²) in [6.45, 7) is 0. The van der Waals surface area contributed by atoms with Crippen LogP contribution in [0.4, 0.5) is 0 Å². The third-order valence-electron chi connectivity index (χ3n) is 5.72. The molecule has 0 aliphatic carbocycles. The zero-order valence-electron chi connectivity index (χ0n) is 17.3. The second-order valence-corrected chi connectivity index (χ2v) is 7.67. The third kappa shape index (κ3) is 3.01. The monoisotopic (exact) mass is 412 g/mol. The van der Waals surface area contributed by atoms with E-state index in [-0.39, 0.29) is 0 Å². The summed E-state index contributed by atoms with van der Waals surface area (Å²) in [6.07, 6.45) is 6.32. The van der Waals surface area contributed by atoms with Crippen molar-refractivity contribution in [2.75, 3.05) is 0 Å². The Morgan fingerprint density at radius 1 is 0.625 bits per heavy atom. The number of benzene rings is 3. The molecule has 0 atom stereocenters. The van der Waals surface area contributed by atoms with Gasteiger partial charge in [-0.15, -0.1) is 5.10 Å². The quantitative estimate of drug-likeness (QED) is 0.331. The highest BCUT2D eigenvalue weighted by Crippen LogP contribution is 2.33. The maximum Gasteiger partial charge on any atom is 0.120 e. The van der Waals surface area contributed by atoms with Crippen LogP contribution in [0.25, 0.3) is 45.5 Å². The van der Waals surface area contributed by atoms with Crippen molar-refractivity contribution in [1.82, 2.24) is 19.4 Å². The summed E-state index contributed by atoms with van der Waals surface area (Å²) in [6, 6.07) is 35.2. The lowest BCUT2D eigenvalue weighted by molar-refractivity contribution is 0.807. The first-order valence-corrected chi connectivity index (χ1v) is 10.6. The number of rotatable bonds is 4. The highest BCUT2D eigenvalue weighted by atomic mass is 15.4. The molecule has 32 heavy (non-hydrogen) atoms. The van der Waals surface area contributed by atoms with E-state index in [4.69, 9.17) is 0 Å². The van der Waals surface area contributed by atoms with Gasteiger partial charge in [-0.25, -0.2) is 4.68 Å². The molecule has 0 spiro atoms. The number of hydrogen-bond acceptors (Lipinski definition) is 2. The molecule has 3 aromatic heterocycles. The first-order chi connectivity index (χ1) is 15.9. The highest BCUT2D eigenvalue weighted by Gasteiger charge is 2.19. The van der Waals surface area contributed by atoms with E-state index in [1.807, 2.05) is 41.1 Å². The van der Waals surface area contributed by atoms with Crippen LogP contribution in [0.1, 0.15) is 11.3 Å². The van der Waals surface area contributed by atoms with E-state index in [0.717, 1.165) is 44.6 Å². The van der Waals surface area contributed by atoms with Crippen molar-refractivity contribution in [1.29, 1.82) is 0 Å². The van der Waals surface area contributed by atoms with Crippen LogP contribution in [-0.4, -0.2) is 19.4 Å². The van der Waals surface area contributed by atoms with Gasteiger partial charge in [-0.3, -0.25) is 0 Å². The van der Waals surface area contributed by atoms with Crippen molar-refractivity contribution in [3.05, 3.63) is 121 Å². The molecule has 4 heteroatoms. The summed E-state index contributed by atoms with van der Waals surface area (Å²) in [5, 5.41) is 10.4. The molecule has 0 N–H and O–H groups in total. The maximum absolute atomic E-state index is 4.65. The van der Waals surface area contributed by atoms with Gasteiger partial charge < -0.3 is 4.40 Å². The summed E-state index contributed by atoms with van der Waals surface area (Å²) in [5.41, 5.74) is 7.24. The molecule has 0 amide bonds. The van der Waals surface area contributed by atoms with E-state index < -0.39 is 0 Å². The number of nitrogens with zero attached hydrogens (tertiary/aromatic N) is 4. The zero-order chi connectivity index (χ0) is 21.3. The molecule has 152 valence electrons. The third-order valence-corrected chi connectivity index (χ3v) is 5.72. The van der Waals surface area contributed by atoms with Crippen LogP contribution < -0.4 is 0 Å². The van der Waals surface area contributed by atoms with Crippen LogP contribution in [0, 0.1) is 0 Å². The Bertz CT molecular complexity index is 1500. The number of fused-ring (bicyclic) bond motifs is 3. The molecule has 0 bridgehead atoms. The Labute approximate surface area is 185 Å². The van der Waals surface area contributed by atoms with E-state index in [9.17, 15) is 0 Å². The number of aromatic nitrogens is 4. The van der Waals surface area contributed by atoms with Crippen LogP contribution in [0.5, 0.6) is 0 Å². The van der Waals surface area contributed by atoms with Gasteiger partial charge in [0.1, 0.15) is 11.4 Å². The van der Waals surface area contributed by atoms with Crippen molar-refractivity contribution in [3.8, 4) is 16.9 Å². The maximum atomic E-state index is 4.65. The molecular formula is C28H20N4. The van der Waals surface area contributed by atoms with Gasteiger partial charge in [0.15, 0.2) is 0 Å². The minimum atomic E-state index is 0.858. The normalized spacial score (nSPS) is 11.6. The average molecular weight is 412 g/mol. The summed E-state index contributed by atoms with van der Waals surface area (Å²) >= 11 is 0. The lowest BCUT2D eigenvalue weighted by Gasteiger charge is -2.05. The van der Waals surface area contributed by atoms with Crippen LogP contribution in [0.2, 0.25) is 0 Å². The second kappa shape index (κ2) is 7.67. The van der Waals surface area contributed by atoms with Gasteiger partial charge >= 0.3 is 0 Å². The standard InChI is InChI=1S/C28H20N4/c1-3-11-21(12-4-1)18-19-25-27(22-13-5-2-6-14-22)29-30-32(25)28-23-15-7-8-16-24(23)31-20-10-9-17-26(28)31/h1-20H/b19-18+. The lowest BCUT2D eigenvalue weighted by Crippen LogP contribution is -2.00. The molecule has 3 aromatic carbocycles. The minimum absolute atomic E-state index is 0.858. The molecule has 0 saturated carbocycles. The van der Waals surface area contributed by atoms with Crippen molar-refractivity contribution in [2.45, 2.75) is 0 Å². The van der Waals surface area contributed by atoms with Crippen LogP contribution in [-0.2, 0) is 0 Å². The Balaban J connectivity index is 1.64. The van der Waals surface area contributed by atoms with Gasteiger partial charge in [0.25, 0.3) is 0 Å². The molecule has 6 aromatic rings. The van der Waals surface area contributed by atoms with Gasteiger partial charge in [0.05, 0.1) is 16.7 Å². The van der Waals surface area contributed by atoms with Gasteiger partial charge in [0.2, 0.25) is 0 Å². The van der Waals surface area contributed by atoms with Crippen LogP contribution in [0.3, 0.4) is 0 Å². The Kier molecular flexibility index (Phi) is 4.40. The van der Waals surface area contributed by atoms with Crippen LogP contribution in [0.15, 0.2) is 109 Å². The highest BCUT2D eigenvalue weighted by molar-refractivity contribution is 5.99. The fraction of sp³-hybridized carbons (Fsp3) is 0. The molecule has 0 aliphatic rings. The second-order valence-electron chi connectivity index (χ2n) is 7.67. The first kappa shape index (κ1) is 18.3. The van der Waals surface area contributed by atoms with Crippen molar-refractivity contribution >= 4 is 28.6 Å². The smallest absolute Gasteiger partial charge is 0.120 e. The lowest BCUT2D eigenvalue weighted by atomic mass is 10.1. The van der Waals surface area contributed by atoms with E-state index in [0.29, 0.717) is 0 Å². The first-order valence-electron chi connectivity index (χ1n) is 10.6. The Morgan fingerprint density at radius 3 is 2.16 bits per heavy atom. The number of para-hydroxylation sites is 1. The molecule has 0 unspecified atom stereocenters. The molecule has 4 nitrogen and oxygen atoms in total. The molecule has 0 saturated heterocycles. The summed E-state index contributed by atoms with van der Waals surface area (Å²) in [7, 11) is 0. The Hall–Kier alpha value is -4.44. The summed E-state index contributed by atoms with van der Waals surface area (Å²) in [5.74, 6) is 0. The zero-order valence-corrected chi connectivity index (χ0v) is 17.3. The molecule has 0 radical (unpaired) electrons. The molecule has 3 heterocycles. The van der Waals surface area contributed by atoms with Crippen LogP contribution >= 0.6 is 0 Å². The molecule has 0 aliphatic heterocycles. The molecule has 0 fully saturated rings. The predicted octanol–water partition coefficient (Wildman–Crippen LogP) is 6.51. The Morgan fingerprint density at radius 2 is 1.31 bits per heavy atom. The molecular weight excluding hydrogens is 392 g/mol. The van der Waals surface area contributed by atoms with Crippen molar-refractivity contribution < 1.29 is 0 Å². The largest absolute Gasteiger partial charge is 0.314 e. The predicted molar refractivity (Wildman–Crippen MR) is 131 cm³/mol. The average Bonchev–Trinajstić information content (AvgIpc) is 3.42. The van der Waals surface area contributed by atoms with Gasteiger partial charge in [-0.2, -0.15) is 0 Å². The fourth-order valence-corrected chi connectivity index (χ4v) is 4.24. The van der Waals surface area contributed by atoms with E-state index in [2.05, 4.69) is 99.8 Å². The van der Waals surface area contributed by atoms with Crippen molar-refractivity contribution in [3.63, 3.8) is 0 Å². The van der Waals surface area contributed by atoms with E-state index >= 15 is 0 Å². The number of pyridine rings is 1. The van der Waals surface area contributed by atoms with Gasteiger partial charge in [-0.05, 0) is 29.8 Å². The van der Waals surface area contributed by atoms with E-state index in [1.54, 1.807) is 0 Å². The van der Waals surface area contributed by atoms with Crippen molar-refractivity contribution in [2.24, 2.45) is 0 Å².